The molecular formula is C23H25F3N2O4S. The summed E-state index contributed by atoms with van der Waals surface area (Å²) in [5, 5.41) is 3.86. The van der Waals surface area contributed by atoms with Crippen LogP contribution in [-0.2, 0) is 22.8 Å². The summed E-state index contributed by atoms with van der Waals surface area (Å²) in [6.07, 6.45) is -4.58. The van der Waals surface area contributed by atoms with Gasteiger partial charge in [-0.25, -0.2) is 8.42 Å². The molecule has 0 bridgehead atoms. The normalized spacial score (nSPS) is 12.2. The lowest BCUT2D eigenvalue weighted by Crippen LogP contribution is -2.34. The lowest BCUT2D eigenvalue weighted by Gasteiger charge is -2.27. The highest BCUT2D eigenvalue weighted by Gasteiger charge is 2.32. The van der Waals surface area contributed by atoms with Gasteiger partial charge < -0.3 is 9.26 Å². The number of aromatic nitrogens is 1. The number of hydrogen-bond acceptors (Lipinski definition) is 5. The molecule has 0 unspecified atom stereocenters. The van der Waals surface area contributed by atoms with Crippen molar-refractivity contribution in [3.63, 3.8) is 0 Å². The van der Waals surface area contributed by atoms with Gasteiger partial charge in [-0.1, -0.05) is 25.1 Å². The smallest absolute Gasteiger partial charge is 0.416 e. The molecule has 0 saturated carbocycles. The van der Waals surface area contributed by atoms with Gasteiger partial charge in [-0.15, -0.1) is 0 Å². The van der Waals surface area contributed by atoms with Gasteiger partial charge in [0.1, 0.15) is 18.1 Å². The van der Waals surface area contributed by atoms with Gasteiger partial charge in [-0.3, -0.25) is 4.31 Å². The second-order valence-electron chi connectivity index (χ2n) is 8.04. The molecule has 0 atom stereocenters. The van der Waals surface area contributed by atoms with E-state index in [1.165, 1.54) is 36.4 Å². The standard InChI is InChI=1S/C23H25F3N2O4S/c1-15(2)13-28(19-7-5-6-18(12-19)23(24,25)26)33(29,30)21-10-8-20(9-11-21)31-14-22-16(3)27-32-17(22)4/h5-12,15H,13-14H2,1-4H3. The Kier molecular flexibility index (Phi) is 7.06. The average molecular weight is 483 g/mol. The zero-order valence-electron chi connectivity index (χ0n) is 18.7. The van der Waals surface area contributed by atoms with Crippen molar-refractivity contribution in [3.05, 3.63) is 71.1 Å². The van der Waals surface area contributed by atoms with E-state index < -0.39 is 21.8 Å². The van der Waals surface area contributed by atoms with Crippen LogP contribution in [0.4, 0.5) is 18.9 Å². The molecule has 0 fully saturated rings. The number of hydrogen-bond donors (Lipinski definition) is 0. The molecule has 2 aromatic carbocycles. The van der Waals surface area contributed by atoms with Crippen molar-refractivity contribution in [1.29, 1.82) is 0 Å². The van der Waals surface area contributed by atoms with Crippen molar-refractivity contribution < 1.29 is 30.8 Å². The van der Waals surface area contributed by atoms with Crippen LogP contribution in [0.25, 0.3) is 0 Å². The molecule has 10 heteroatoms. The third-order valence-electron chi connectivity index (χ3n) is 4.97. The SMILES string of the molecule is Cc1noc(C)c1COc1ccc(S(=O)(=O)N(CC(C)C)c2cccc(C(F)(F)F)c2)cc1. The minimum atomic E-state index is -4.58. The summed E-state index contributed by atoms with van der Waals surface area (Å²) >= 11 is 0. The summed E-state index contributed by atoms with van der Waals surface area (Å²) in [4.78, 5) is -0.0507. The lowest BCUT2D eigenvalue weighted by atomic mass is 10.1. The fraction of sp³-hybridized carbons (Fsp3) is 0.348. The Morgan fingerprint density at radius 1 is 1.09 bits per heavy atom. The number of sulfonamides is 1. The van der Waals surface area contributed by atoms with Crippen molar-refractivity contribution in [1.82, 2.24) is 5.16 Å². The van der Waals surface area contributed by atoms with Gasteiger partial charge in [0.2, 0.25) is 0 Å². The Balaban J connectivity index is 1.87. The summed E-state index contributed by atoms with van der Waals surface area (Å²) < 4.78 is 78.1. The summed E-state index contributed by atoms with van der Waals surface area (Å²) in [6, 6.07) is 10.1. The summed E-state index contributed by atoms with van der Waals surface area (Å²) in [5.41, 5.74) is 0.556. The molecule has 3 aromatic rings. The zero-order chi connectivity index (χ0) is 24.4. The first kappa shape index (κ1) is 24.6. The number of benzene rings is 2. The molecule has 0 amide bonds. The lowest BCUT2D eigenvalue weighted by molar-refractivity contribution is -0.137. The van der Waals surface area contributed by atoms with Crippen LogP contribution < -0.4 is 9.04 Å². The third-order valence-corrected chi connectivity index (χ3v) is 6.78. The molecule has 0 aliphatic rings. The molecule has 1 aromatic heterocycles. The maximum Gasteiger partial charge on any atom is 0.416 e. The van der Waals surface area contributed by atoms with Crippen molar-refractivity contribution >= 4 is 15.7 Å². The van der Waals surface area contributed by atoms with Crippen LogP contribution in [0, 0.1) is 19.8 Å². The van der Waals surface area contributed by atoms with Crippen LogP contribution >= 0.6 is 0 Å². The number of halogens is 3. The summed E-state index contributed by atoms with van der Waals surface area (Å²) in [6.45, 7) is 7.38. The van der Waals surface area contributed by atoms with Crippen LogP contribution in [0.3, 0.4) is 0 Å². The van der Waals surface area contributed by atoms with E-state index >= 15 is 0 Å². The van der Waals surface area contributed by atoms with Gasteiger partial charge in [0.15, 0.2) is 0 Å². The topological polar surface area (TPSA) is 72.6 Å². The number of ether oxygens (including phenoxy) is 1. The van der Waals surface area contributed by atoms with E-state index in [4.69, 9.17) is 9.26 Å². The van der Waals surface area contributed by atoms with E-state index in [9.17, 15) is 21.6 Å². The molecule has 0 N–H and O–H groups in total. The predicted molar refractivity (Wildman–Crippen MR) is 118 cm³/mol. The number of alkyl halides is 3. The van der Waals surface area contributed by atoms with Crippen molar-refractivity contribution in [2.24, 2.45) is 5.92 Å². The van der Waals surface area contributed by atoms with E-state index in [2.05, 4.69) is 5.16 Å². The molecule has 0 radical (unpaired) electrons. The van der Waals surface area contributed by atoms with Gasteiger partial charge in [0, 0.05) is 6.54 Å². The second kappa shape index (κ2) is 9.46. The Morgan fingerprint density at radius 3 is 2.30 bits per heavy atom. The quantitative estimate of drug-likeness (QED) is 0.409. The van der Waals surface area contributed by atoms with E-state index in [0.29, 0.717) is 17.2 Å². The summed E-state index contributed by atoms with van der Waals surface area (Å²) in [7, 11) is -4.11. The molecule has 0 aliphatic heterocycles. The van der Waals surface area contributed by atoms with Crippen LogP contribution in [0.15, 0.2) is 57.9 Å². The Morgan fingerprint density at radius 2 is 1.76 bits per heavy atom. The monoisotopic (exact) mass is 482 g/mol. The Hall–Kier alpha value is -3.01. The largest absolute Gasteiger partial charge is 0.489 e. The van der Waals surface area contributed by atoms with Crippen LogP contribution in [0.5, 0.6) is 5.75 Å². The predicted octanol–water partition coefficient (Wildman–Crippen LogP) is 5.74. The molecule has 1 heterocycles. The minimum absolute atomic E-state index is 0.0218. The minimum Gasteiger partial charge on any atom is -0.489 e. The highest BCUT2D eigenvalue weighted by Crippen LogP contribution is 2.34. The molecule has 178 valence electrons. The highest BCUT2D eigenvalue weighted by molar-refractivity contribution is 7.92. The van der Waals surface area contributed by atoms with Gasteiger partial charge in [-0.2, -0.15) is 13.2 Å². The molecule has 3 rings (SSSR count). The third kappa shape index (κ3) is 5.68. The molecule has 0 saturated heterocycles. The first-order chi connectivity index (χ1) is 15.4. The number of nitrogens with zero attached hydrogens (tertiary/aromatic N) is 2. The van der Waals surface area contributed by atoms with Crippen molar-refractivity contribution in [2.45, 2.75) is 45.4 Å². The number of rotatable bonds is 8. The van der Waals surface area contributed by atoms with Gasteiger partial charge in [0.25, 0.3) is 10.0 Å². The van der Waals surface area contributed by atoms with E-state index in [0.717, 1.165) is 22.0 Å². The average Bonchev–Trinajstić information content (AvgIpc) is 3.07. The second-order valence-corrected chi connectivity index (χ2v) is 9.90. The Labute approximate surface area is 191 Å². The van der Waals surface area contributed by atoms with Crippen molar-refractivity contribution in [2.75, 3.05) is 10.8 Å². The van der Waals surface area contributed by atoms with Crippen LogP contribution in [0.2, 0.25) is 0 Å². The van der Waals surface area contributed by atoms with Gasteiger partial charge >= 0.3 is 6.18 Å². The number of anilines is 1. The first-order valence-electron chi connectivity index (χ1n) is 10.2. The first-order valence-corrected chi connectivity index (χ1v) is 11.7. The number of aryl methyl sites for hydroxylation is 2. The Bertz CT molecular complexity index is 1180. The van der Waals surface area contributed by atoms with Crippen LogP contribution in [0.1, 0.15) is 36.4 Å². The molecule has 0 aliphatic carbocycles. The molecule has 33 heavy (non-hydrogen) atoms. The van der Waals surface area contributed by atoms with E-state index in [-0.39, 0.29) is 29.7 Å². The van der Waals surface area contributed by atoms with Gasteiger partial charge in [0.05, 0.1) is 27.4 Å². The molecule has 6 nitrogen and oxygen atoms in total. The highest BCUT2D eigenvalue weighted by atomic mass is 32.2. The summed E-state index contributed by atoms with van der Waals surface area (Å²) in [5.74, 6) is 0.951. The fourth-order valence-corrected chi connectivity index (χ4v) is 4.83. The maximum atomic E-state index is 13.4. The van der Waals surface area contributed by atoms with E-state index in [1.807, 2.05) is 0 Å². The van der Waals surface area contributed by atoms with Crippen molar-refractivity contribution in [3.8, 4) is 5.75 Å². The van der Waals surface area contributed by atoms with E-state index in [1.54, 1.807) is 27.7 Å². The molecule has 0 spiro atoms. The van der Waals surface area contributed by atoms with Crippen LogP contribution in [-0.4, -0.2) is 20.1 Å². The van der Waals surface area contributed by atoms with Gasteiger partial charge in [-0.05, 0) is 62.2 Å². The zero-order valence-corrected chi connectivity index (χ0v) is 19.5. The fourth-order valence-electron chi connectivity index (χ4n) is 3.21. The molecular weight excluding hydrogens is 457 g/mol. The maximum absolute atomic E-state index is 13.4.